The van der Waals surface area contributed by atoms with E-state index in [0.29, 0.717) is 17.9 Å². The zero-order chi connectivity index (χ0) is 16.6. The van der Waals surface area contributed by atoms with Gasteiger partial charge in [0.1, 0.15) is 12.1 Å². The molecular formula is C18H22N4OS. The second-order valence-electron chi connectivity index (χ2n) is 7.10. The maximum Gasteiger partial charge on any atom is 0.227 e. The number of thiophene rings is 1. The number of anilines is 1. The third kappa shape index (κ3) is 3.15. The predicted octanol–water partition coefficient (Wildman–Crippen LogP) is 2.88. The van der Waals surface area contributed by atoms with Crippen molar-refractivity contribution in [2.24, 2.45) is 5.41 Å². The van der Waals surface area contributed by atoms with Crippen molar-refractivity contribution >= 4 is 23.1 Å². The predicted molar refractivity (Wildman–Crippen MR) is 95.1 cm³/mol. The number of carbonyl (C=O) groups is 1. The Kier molecular flexibility index (Phi) is 4.00. The Morgan fingerprint density at radius 1 is 1.42 bits per heavy atom. The molecule has 0 atom stereocenters. The van der Waals surface area contributed by atoms with Crippen LogP contribution in [0.5, 0.6) is 0 Å². The lowest BCUT2D eigenvalue weighted by Gasteiger charge is -2.45. The zero-order valence-corrected chi connectivity index (χ0v) is 14.7. The average Bonchev–Trinajstić information content (AvgIpc) is 3.15. The summed E-state index contributed by atoms with van der Waals surface area (Å²) in [5, 5.41) is 3.46. The normalized spacial score (nSPS) is 25.7. The Morgan fingerprint density at radius 2 is 2.29 bits per heavy atom. The van der Waals surface area contributed by atoms with Gasteiger partial charge in [-0.3, -0.25) is 4.79 Å². The summed E-state index contributed by atoms with van der Waals surface area (Å²) in [5.41, 5.74) is 0.325. The van der Waals surface area contributed by atoms with Crippen LogP contribution in [0.15, 0.2) is 30.7 Å². The van der Waals surface area contributed by atoms with Crippen LogP contribution in [0.2, 0.25) is 0 Å². The highest BCUT2D eigenvalue weighted by atomic mass is 32.1. The molecule has 6 heteroatoms. The Morgan fingerprint density at radius 3 is 3.00 bits per heavy atom. The van der Waals surface area contributed by atoms with E-state index in [1.165, 1.54) is 9.75 Å². The van der Waals surface area contributed by atoms with Crippen molar-refractivity contribution < 1.29 is 4.79 Å². The molecule has 1 aliphatic heterocycles. The number of aryl methyl sites for hydroxylation is 1. The molecule has 24 heavy (non-hydrogen) atoms. The number of amides is 1. The quantitative estimate of drug-likeness (QED) is 0.928. The van der Waals surface area contributed by atoms with E-state index in [4.69, 9.17) is 0 Å². The van der Waals surface area contributed by atoms with Gasteiger partial charge in [-0.2, -0.15) is 0 Å². The van der Waals surface area contributed by atoms with Crippen LogP contribution in [0.3, 0.4) is 0 Å². The van der Waals surface area contributed by atoms with Gasteiger partial charge in [0.05, 0.1) is 6.42 Å². The van der Waals surface area contributed by atoms with E-state index in [-0.39, 0.29) is 5.91 Å². The number of hydrogen-bond acceptors (Lipinski definition) is 5. The van der Waals surface area contributed by atoms with Crippen LogP contribution in [0, 0.1) is 12.3 Å². The smallest absolute Gasteiger partial charge is 0.227 e. The minimum absolute atomic E-state index is 0.279. The first kappa shape index (κ1) is 15.6. The lowest BCUT2D eigenvalue weighted by molar-refractivity contribution is -0.130. The molecule has 5 nitrogen and oxygen atoms in total. The fourth-order valence-electron chi connectivity index (χ4n) is 4.00. The third-order valence-electron chi connectivity index (χ3n) is 5.21. The van der Waals surface area contributed by atoms with Crippen LogP contribution in [0.25, 0.3) is 0 Å². The number of rotatable bonds is 4. The Hall–Kier alpha value is -1.95. The fourth-order valence-corrected chi connectivity index (χ4v) is 4.88. The summed E-state index contributed by atoms with van der Waals surface area (Å²) in [7, 11) is 0. The van der Waals surface area contributed by atoms with Crippen molar-refractivity contribution in [2.75, 3.05) is 18.4 Å². The molecule has 1 spiro atoms. The van der Waals surface area contributed by atoms with E-state index in [0.717, 1.165) is 38.2 Å². The van der Waals surface area contributed by atoms with E-state index >= 15 is 0 Å². The minimum atomic E-state index is 0.279. The van der Waals surface area contributed by atoms with E-state index in [1.807, 2.05) is 6.07 Å². The summed E-state index contributed by atoms with van der Waals surface area (Å²) in [5.74, 6) is 1.17. The van der Waals surface area contributed by atoms with Crippen LogP contribution in [-0.2, 0) is 11.2 Å². The first-order chi connectivity index (χ1) is 11.6. The summed E-state index contributed by atoms with van der Waals surface area (Å²) in [6.45, 7) is 3.91. The van der Waals surface area contributed by atoms with Crippen LogP contribution in [0.4, 0.5) is 5.82 Å². The van der Waals surface area contributed by atoms with Gasteiger partial charge in [-0.05, 0) is 49.8 Å². The van der Waals surface area contributed by atoms with Crippen LogP contribution in [0.1, 0.15) is 29.0 Å². The summed E-state index contributed by atoms with van der Waals surface area (Å²) < 4.78 is 0. The maximum absolute atomic E-state index is 12.5. The highest BCUT2D eigenvalue weighted by Gasteiger charge is 2.49. The van der Waals surface area contributed by atoms with E-state index in [2.05, 4.69) is 39.2 Å². The Bertz CT molecular complexity index is 724. The van der Waals surface area contributed by atoms with Gasteiger partial charge in [0.15, 0.2) is 0 Å². The molecule has 0 radical (unpaired) electrons. The van der Waals surface area contributed by atoms with Gasteiger partial charge in [0, 0.05) is 35.1 Å². The molecule has 0 unspecified atom stereocenters. The van der Waals surface area contributed by atoms with E-state index in [9.17, 15) is 4.79 Å². The molecule has 2 aromatic rings. The highest BCUT2D eigenvalue weighted by Crippen LogP contribution is 2.49. The van der Waals surface area contributed by atoms with E-state index < -0.39 is 0 Å². The SMILES string of the molecule is Cc1ccc(CC(=O)N2CCC3(CC(Nc4ccncn4)C3)C2)s1. The summed E-state index contributed by atoms with van der Waals surface area (Å²) in [4.78, 5) is 25.2. The van der Waals surface area contributed by atoms with E-state index in [1.54, 1.807) is 23.9 Å². The fraction of sp³-hybridized carbons (Fsp3) is 0.500. The van der Waals surface area contributed by atoms with Crippen LogP contribution in [-0.4, -0.2) is 39.9 Å². The minimum Gasteiger partial charge on any atom is -0.367 e. The molecule has 0 bridgehead atoms. The zero-order valence-electron chi connectivity index (χ0n) is 13.9. The summed E-state index contributed by atoms with van der Waals surface area (Å²) >= 11 is 1.73. The topological polar surface area (TPSA) is 58.1 Å². The average molecular weight is 342 g/mol. The van der Waals surface area contributed by atoms with Gasteiger partial charge < -0.3 is 10.2 Å². The largest absolute Gasteiger partial charge is 0.367 e. The van der Waals surface area contributed by atoms with Crippen molar-refractivity contribution in [3.05, 3.63) is 40.5 Å². The van der Waals surface area contributed by atoms with Crippen molar-refractivity contribution in [3.8, 4) is 0 Å². The Balaban J connectivity index is 1.29. The molecule has 2 aliphatic rings. The molecule has 3 heterocycles. The summed E-state index contributed by atoms with van der Waals surface area (Å²) in [6, 6.07) is 6.54. The van der Waals surface area contributed by atoms with Gasteiger partial charge >= 0.3 is 0 Å². The standard InChI is InChI=1S/C18H22N4OS/c1-13-2-3-15(24-13)8-17(23)22-7-5-18(11-22)9-14(10-18)21-16-4-6-19-12-20-16/h2-4,6,12,14H,5,7-11H2,1H3,(H,19,20,21). The van der Waals surface area contributed by atoms with Gasteiger partial charge in [0.25, 0.3) is 0 Å². The number of nitrogens with zero attached hydrogens (tertiary/aromatic N) is 3. The molecule has 4 rings (SSSR count). The van der Waals surface area contributed by atoms with Gasteiger partial charge in [-0.1, -0.05) is 0 Å². The van der Waals surface area contributed by atoms with Gasteiger partial charge in [-0.25, -0.2) is 9.97 Å². The van der Waals surface area contributed by atoms with Crippen molar-refractivity contribution in [2.45, 2.75) is 38.6 Å². The van der Waals surface area contributed by atoms with Gasteiger partial charge in [-0.15, -0.1) is 11.3 Å². The number of carbonyl (C=O) groups excluding carboxylic acids is 1. The number of hydrogen-bond donors (Lipinski definition) is 1. The first-order valence-electron chi connectivity index (χ1n) is 8.48. The molecular weight excluding hydrogens is 320 g/mol. The molecule has 0 aromatic carbocycles. The maximum atomic E-state index is 12.5. The number of aromatic nitrogens is 2. The molecule has 1 amide bonds. The lowest BCUT2D eigenvalue weighted by atomic mass is 9.65. The first-order valence-corrected chi connectivity index (χ1v) is 9.29. The molecule has 1 N–H and O–H groups in total. The molecule has 1 aliphatic carbocycles. The van der Waals surface area contributed by atoms with Gasteiger partial charge in [0.2, 0.25) is 5.91 Å². The lowest BCUT2D eigenvalue weighted by Crippen LogP contribution is -2.47. The third-order valence-corrected chi connectivity index (χ3v) is 6.21. The molecule has 126 valence electrons. The van der Waals surface area contributed by atoms with Crippen molar-refractivity contribution in [3.63, 3.8) is 0 Å². The Labute approximate surface area is 146 Å². The molecule has 2 fully saturated rings. The van der Waals surface area contributed by atoms with Crippen molar-refractivity contribution in [1.29, 1.82) is 0 Å². The number of likely N-dealkylation sites (tertiary alicyclic amines) is 1. The van der Waals surface area contributed by atoms with Crippen LogP contribution < -0.4 is 5.32 Å². The number of nitrogens with one attached hydrogen (secondary N) is 1. The highest BCUT2D eigenvalue weighted by molar-refractivity contribution is 7.12. The second kappa shape index (κ2) is 6.16. The van der Waals surface area contributed by atoms with Crippen molar-refractivity contribution in [1.82, 2.24) is 14.9 Å². The molecule has 1 saturated heterocycles. The molecule has 1 saturated carbocycles. The van der Waals surface area contributed by atoms with Crippen LogP contribution >= 0.6 is 11.3 Å². The monoisotopic (exact) mass is 342 g/mol. The second-order valence-corrected chi connectivity index (χ2v) is 8.47. The molecule has 2 aromatic heterocycles. The summed E-state index contributed by atoms with van der Waals surface area (Å²) in [6.07, 6.45) is 7.25.